The van der Waals surface area contributed by atoms with Crippen molar-refractivity contribution in [2.24, 2.45) is 5.10 Å². The predicted octanol–water partition coefficient (Wildman–Crippen LogP) is 5.09. The van der Waals surface area contributed by atoms with E-state index in [1.54, 1.807) is 19.4 Å². The molecule has 0 atom stereocenters. The highest BCUT2D eigenvalue weighted by Gasteiger charge is 2.18. The van der Waals surface area contributed by atoms with Crippen molar-refractivity contribution in [2.75, 3.05) is 12.8 Å². The maximum absolute atomic E-state index is 12.7. The molecule has 0 saturated heterocycles. The second kappa shape index (κ2) is 10.0. The normalized spacial score (nSPS) is 11.3. The third-order valence-corrected chi connectivity index (χ3v) is 6.99. The van der Waals surface area contributed by atoms with Crippen molar-refractivity contribution < 1.29 is 14.3 Å². The minimum atomic E-state index is -0.340. The number of benzene rings is 3. The summed E-state index contributed by atoms with van der Waals surface area (Å²) in [6.07, 6.45) is 2.93. The second-order valence-electron chi connectivity index (χ2n) is 8.03. The van der Waals surface area contributed by atoms with E-state index in [9.17, 15) is 4.79 Å². The number of carbonyl (C=O) groups is 1. The SMILES string of the molecule is COc1cc(/C=N\NC(=O)c2sc3ncnc(N)c3c2C)ccc1OCc1cccc2ccccc12. The van der Waals surface area contributed by atoms with Crippen LogP contribution < -0.4 is 20.6 Å². The number of thiophene rings is 1. The highest BCUT2D eigenvalue weighted by atomic mass is 32.1. The van der Waals surface area contributed by atoms with Crippen LogP contribution in [0.2, 0.25) is 0 Å². The van der Waals surface area contributed by atoms with E-state index in [4.69, 9.17) is 15.2 Å². The van der Waals surface area contributed by atoms with Gasteiger partial charge in [-0.2, -0.15) is 5.10 Å². The monoisotopic (exact) mass is 497 g/mol. The minimum Gasteiger partial charge on any atom is -0.493 e. The van der Waals surface area contributed by atoms with Gasteiger partial charge in [0.05, 0.1) is 23.6 Å². The summed E-state index contributed by atoms with van der Waals surface area (Å²) in [7, 11) is 1.58. The second-order valence-corrected chi connectivity index (χ2v) is 9.03. The van der Waals surface area contributed by atoms with Crippen LogP contribution in [0.25, 0.3) is 21.0 Å². The van der Waals surface area contributed by atoms with Crippen LogP contribution in [0.3, 0.4) is 0 Å². The van der Waals surface area contributed by atoms with Crippen LogP contribution in [0.15, 0.2) is 72.1 Å². The molecule has 0 aliphatic heterocycles. The Morgan fingerprint density at radius 2 is 1.94 bits per heavy atom. The number of nitrogens with zero attached hydrogens (tertiary/aromatic N) is 3. The fraction of sp³-hybridized carbons (Fsp3) is 0.111. The molecule has 8 nitrogen and oxygen atoms in total. The van der Waals surface area contributed by atoms with E-state index in [1.165, 1.54) is 23.1 Å². The molecule has 3 aromatic carbocycles. The molecule has 0 aliphatic carbocycles. The standard InChI is InChI=1S/C27H23N5O3S/c1-16-23-25(28)29-15-30-27(23)36-24(16)26(33)32-31-13-17-10-11-21(22(12-17)34-2)35-14-19-8-5-7-18-6-3-4-9-20(18)19/h3-13,15H,14H2,1-2H3,(H,32,33)(H2,28,29,30)/b31-13-. The maximum atomic E-state index is 12.7. The Kier molecular flexibility index (Phi) is 6.46. The molecule has 0 radical (unpaired) electrons. The zero-order valence-electron chi connectivity index (χ0n) is 19.7. The molecule has 5 aromatic rings. The average Bonchev–Trinajstić information content (AvgIpc) is 3.25. The molecule has 0 unspecified atom stereocenters. The van der Waals surface area contributed by atoms with Crippen molar-refractivity contribution in [3.63, 3.8) is 0 Å². The Morgan fingerprint density at radius 3 is 2.78 bits per heavy atom. The lowest BCUT2D eigenvalue weighted by Gasteiger charge is -2.12. The van der Waals surface area contributed by atoms with Crippen LogP contribution in [0.5, 0.6) is 11.5 Å². The fourth-order valence-electron chi connectivity index (χ4n) is 3.99. The fourth-order valence-corrected chi connectivity index (χ4v) is 5.04. The Labute approximate surface area is 211 Å². The van der Waals surface area contributed by atoms with Gasteiger partial charge in [0.15, 0.2) is 11.5 Å². The average molecular weight is 498 g/mol. The first-order chi connectivity index (χ1) is 17.5. The molecular formula is C27H23N5O3S. The van der Waals surface area contributed by atoms with Gasteiger partial charge >= 0.3 is 0 Å². The molecule has 0 spiro atoms. The Balaban J connectivity index is 1.28. The summed E-state index contributed by atoms with van der Waals surface area (Å²) in [6.45, 7) is 2.23. The van der Waals surface area contributed by atoms with Crippen molar-refractivity contribution in [3.8, 4) is 11.5 Å². The maximum Gasteiger partial charge on any atom is 0.281 e. The quantitative estimate of drug-likeness (QED) is 0.239. The summed E-state index contributed by atoms with van der Waals surface area (Å²) in [5.74, 6) is 1.20. The molecule has 0 fully saturated rings. The zero-order chi connectivity index (χ0) is 25.1. The first-order valence-corrected chi connectivity index (χ1v) is 12.0. The first kappa shape index (κ1) is 23.3. The number of aromatic nitrogens is 2. The molecule has 0 saturated carbocycles. The zero-order valence-corrected chi connectivity index (χ0v) is 20.5. The van der Waals surface area contributed by atoms with Gasteiger partial charge in [0.25, 0.3) is 5.91 Å². The largest absolute Gasteiger partial charge is 0.493 e. The third-order valence-electron chi connectivity index (χ3n) is 5.79. The summed E-state index contributed by atoms with van der Waals surface area (Å²) in [6, 6.07) is 19.8. The van der Waals surface area contributed by atoms with Crippen LogP contribution in [0.4, 0.5) is 5.82 Å². The third kappa shape index (κ3) is 4.56. The number of hydrazone groups is 1. The van der Waals surface area contributed by atoms with Gasteiger partial charge in [-0.15, -0.1) is 11.3 Å². The molecule has 2 aromatic heterocycles. The van der Waals surface area contributed by atoms with E-state index in [2.05, 4.69) is 44.8 Å². The summed E-state index contributed by atoms with van der Waals surface area (Å²) in [5.41, 5.74) is 11.1. The summed E-state index contributed by atoms with van der Waals surface area (Å²) in [4.78, 5) is 22.0. The number of hydrogen-bond donors (Lipinski definition) is 2. The minimum absolute atomic E-state index is 0.340. The highest BCUT2D eigenvalue weighted by Crippen LogP contribution is 2.32. The van der Waals surface area contributed by atoms with Gasteiger partial charge in [0.1, 0.15) is 23.6 Å². The number of anilines is 1. The van der Waals surface area contributed by atoms with E-state index < -0.39 is 0 Å². The first-order valence-electron chi connectivity index (χ1n) is 11.2. The molecule has 3 N–H and O–H groups in total. The molecule has 9 heteroatoms. The van der Waals surface area contributed by atoms with Gasteiger partial charge in [-0.1, -0.05) is 42.5 Å². The van der Waals surface area contributed by atoms with Gasteiger partial charge in [-0.25, -0.2) is 15.4 Å². The lowest BCUT2D eigenvalue weighted by atomic mass is 10.1. The van der Waals surface area contributed by atoms with Crippen molar-refractivity contribution in [1.82, 2.24) is 15.4 Å². The lowest BCUT2D eigenvalue weighted by Crippen LogP contribution is -2.17. The van der Waals surface area contributed by atoms with E-state index in [0.29, 0.717) is 39.0 Å². The summed E-state index contributed by atoms with van der Waals surface area (Å²) >= 11 is 1.25. The Morgan fingerprint density at radius 1 is 1.11 bits per heavy atom. The van der Waals surface area contributed by atoms with Gasteiger partial charge in [-0.3, -0.25) is 4.79 Å². The molecule has 0 bridgehead atoms. The van der Waals surface area contributed by atoms with Crippen LogP contribution >= 0.6 is 11.3 Å². The van der Waals surface area contributed by atoms with Crippen LogP contribution in [0, 0.1) is 6.92 Å². The number of nitrogen functional groups attached to an aromatic ring is 1. The van der Waals surface area contributed by atoms with Gasteiger partial charge in [0.2, 0.25) is 0 Å². The molecule has 180 valence electrons. The number of ether oxygens (including phenoxy) is 2. The van der Waals surface area contributed by atoms with E-state index in [-0.39, 0.29) is 5.91 Å². The van der Waals surface area contributed by atoms with E-state index >= 15 is 0 Å². The van der Waals surface area contributed by atoms with Crippen LogP contribution in [0.1, 0.15) is 26.4 Å². The predicted molar refractivity (Wildman–Crippen MR) is 143 cm³/mol. The number of nitrogens with two attached hydrogens (primary N) is 1. The summed E-state index contributed by atoms with van der Waals surface area (Å²) in [5, 5.41) is 7.12. The Hall–Kier alpha value is -4.50. The van der Waals surface area contributed by atoms with E-state index in [1.807, 2.05) is 37.3 Å². The van der Waals surface area contributed by atoms with Gasteiger partial charge in [0, 0.05) is 0 Å². The van der Waals surface area contributed by atoms with Gasteiger partial charge in [-0.05, 0) is 52.6 Å². The van der Waals surface area contributed by atoms with Crippen LogP contribution in [-0.4, -0.2) is 29.2 Å². The van der Waals surface area contributed by atoms with Crippen molar-refractivity contribution in [2.45, 2.75) is 13.5 Å². The summed E-state index contributed by atoms with van der Waals surface area (Å²) < 4.78 is 11.6. The van der Waals surface area contributed by atoms with Crippen molar-refractivity contribution >= 4 is 50.3 Å². The van der Waals surface area contributed by atoms with Crippen molar-refractivity contribution in [3.05, 3.63) is 88.6 Å². The number of rotatable bonds is 7. The molecular weight excluding hydrogens is 474 g/mol. The van der Waals surface area contributed by atoms with Crippen molar-refractivity contribution in [1.29, 1.82) is 0 Å². The van der Waals surface area contributed by atoms with E-state index in [0.717, 1.165) is 22.1 Å². The van der Waals surface area contributed by atoms with Gasteiger partial charge < -0.3 is 15.2 Å². The highest BCUT2D eigenvalue weighted by molar-refractivity contribution is 7.20. The topological polar surface area (TPSA) is 112 Å². The number of methoxy groups -OCH3 is 1. The number of carbonyl (C=O) groups excluding carboxylic acids is 1. The smallest absolute Gasteiger partial charge is 0.281 e. The number of hydrogen-bond acceptors (Lipinski definition) is 8. The molecule has 1 amide bonds. The molecule has 5 rings (SSSR count). The number of amides is 1. The number of aryl methyl sites for hydroxylation is 1. The molecule has 2 heterocycles. The number of fused-ring (bicyclic) bond motifs is 2. The molecule has 0 aliphatic rings. The molecule has 36 heavy (non-hydrogen) atoms. The van der Waals surface area contributed by atoms with Crippen LogP contribution in [-0.2, 0) is 6.61 Å². The lowest BCUT2D eigenvalue weighted by molar-refractivity contribution is 0.0958. The Bertz CT molecular complexity index is 1610. The number of nitrogens with one attached hydrogen (secondary N) is 1.